The number of imidazole rings is 1. The monoisotopic (exact) mass is 262 g/mol. The van der Waals surface area contributed by atoms with Crippen LogP contribution in [0.3, 0.4) is 0 Å². The lowest BCUT2D eigenvalue weighted by Gasteiger charge is -2.16. The Morgan fingerprint density at radius 3 is 2.84 bits per heavy atom. The van der Waals surface area contributed by atoms with E-state index in [4.69, 9.17) is 0 Å². The molecule has 0 spiro atoms. The molecule has 0 saturated heterocycles. The van der Waals surface area contributed by atoms with E-state index < -0.39 is 0 Å². The Balaban J connectivity index is 2.12. The average molecular weight is 262 g/mol. The van der Waals surface area contributed by atoms with Crippen LogP contribution in [0.25, 0.3) is 5.65 Å². The van der Waals surface area contributed by atoms with Crippen molar-refractivity contribution in [3.63, 3.8) is 0 Å². The van der Waals surface area contributed by atoms with Gasteiger partial charge < -0.3 is 10.2 Å². The number of pyridine rings is 1. The van der Waals surface area contributed by atoms with E-state index in [0.29, 0.717) is 18.3 Å². The maximum absolute atomic E-state index is 12.1. The topological polar surface area (TPSA) is 53.4 Å². The molecule has 2 aromatic rings. The lowest BCUT2D eigenvalue weighted by atomic mass is 10.3. The lowest BCUT2D eigenvalue weighted by Crippen LogP contribution is -3.10. The zero-order valence-corrected chi connectivity index (χ0v) is 11.9. The highest BCUT2D eigenvalue weighted by atomic mass is 16.1. The van der Waals surface area contributed by atoms with Gasteiger partial charge in [0.2, 0.25) is 5.69 Å². The third-order valence-electron chi connectivity index (χ3n) is 3.55. The van der Waals surface area contributed by atoms with Gasteiger partial charge in [0, 0.05) is 6.07 Å². The number of carbonyl (C=O) groups excluding carboxylic acids is 1. The number of amides is 1. The highest BCUT2D eigenvalue weighted by Gasteiger charge is 2.18. The summed E-state index contributed by atoms with van der Waals surface area (Å²) in [6.07, 6.45) is 1.84. The molecule has 1 amide bonds. The minimum Gasteiger partial charge on any atom is -0.343 e. The number of nitrogens with one attached hydrogen (secondary N) is 3. The molecule has 102 valence electrons. The number of aromatic amines is 1. The summed E-state index contributed by atoms with van der Waals surface area (Å²) >= 11 is 0. The molecule has 0 aromatic carbocycles. The maximum Gasteiger partial charge on any atom is 0.295 e. The summed E-state index contributed by atoms with van der Waals surface area (Å²) in [7, 11) is 4.16. The minimum atomic E-state index is -0.0591. The van der Waals surface area contributed by atoms with E-state index in [0.717, 1.165) is 11.3 Å². The van der Waals surface area contributed by atoms with E-state index in [9.17, 15) is 4.79 Å². The summed E-state index contributed by atoms with van der Waals surface area (Å²) in [6, 6.07) is 6.33. The zero-order chi connectivity index (χ0) is 14.0. The Hall–Kier alpha value is -1.88. The van der Waals surface area contributed by atoms with Crippen molar-refractivity contribution in [2.45, 2.75) is 19.9 Å². The van der Waals surface area contributed by atoms with E-state index in [1.807, 2.05) is 35.7 Å². The molecule has 1 atom stereocenters. The van der Waals surface area contributed by atoms with E-state index in [2.05, 4.69) is 31.3 Å². The number of H-pyrrole nitrogens is 1. The molecular formula is C14H22N4O+2. The normalized spacial score (nSPS) is 12.9. The Kier molecular flexibility index (Phi) is 3.85. The fourth-order valence-corrected chi connectivity index (χ4v) is 1.86. The second-order valence-corrected chi connectivity index (χ2v) is 5.28. The molecule has 0 radical (unpaired) electrons. The number of hydrogen-bond donors (Lipinski definition) is 3. The Morgan fingerprint density at radius 1 is 1.47 bits per heavy atom. The highest BCUT2D eigenvalue weighted by molar-refractivity contribution is 5.92. The van der Waals surface area contributed by atoms with Gasteiger partial charge in [-0.25, -0.2) is 4.98 Å². The quantitative estimate of drug-likeness (QED) is 0.629. The van der Waals surface area contributed by atoms with Crippen LogP contribution in [-0.4, -0.2) is 37.6 Å². The van der Waals surface area contributed by atoms with Gasteiger partial charge >= 0.3 is 0 Å². The summed E-state index contributed by atoms with van der Waals surface area (Å²) in [4.78, 5) is 16.5. The van der Waals surface area contributed by atoms with Crippen LogP contribution in [0.4, 0.5) is 0 Å². The minimum absolute atomic E-state index is 0.0591. The molecule has 1 unspecified atom stereocenters. The third kappa shape index (κ3) is 2.93. The second-order valence-electron chi connectivity index (χ2n) is 5.28. The van der Waals surface area contributed by atoms with Gasteiger partial charge in [-0.1, -0.05) is 6.07 Å². The van der Waals surface area contributed by atoms with Crippen molar-refractivity contribution in [2.24, 2.45) is 0 Å². The van der Waals surface area contributed by atoms with Crippen LogP contribution in [0.1, 0.15) is 23.1 Å². The summed E-state index contributed by atoms with van der Waals surface area (Å²) in [6.45, 7) is 4.79. The second kappa shape index (κ2) is 5.40. The fraction of sp³-hybridized carbons (Fsp3) is 0.429. The van der Waals surface area contributed by atoms with Crippen LogP contribution < -0.4 is 14.6 Å². The van der Waals surface area contributed by atoms with Gasteiger partial charge in [0.05, 0.1) is 20.6 Å². The Morgan fingerprint density at radius 2 is 2.21 bits per heavy atom. The van der Waals surface area contributed by atoms with Crippen molar-refractivity contribution in [2.75, 3.05) is 20.6 Å². The van der Waals surface area contributed by atoms with E-state index in [1.54, 1.807) is 0 Å². The summed E-state index contributed by atoms with van der Waals surface area (Å²) < 4.78 is 1.98. The van der Waals surface area contributed by atoms with Crippen LogP contribution in [0.2, 0.25) is 0 Å². The molecule has 0 aliphatic carbocycles. The number of rotatable bonds is 4. The van der Waals surface area contributed by atoms with Gasteiger partial charge in [0.25, 0.3) is 11.6 Å². The predicted molar refractivity (Wildman–Crippen MR) is 73.3 cm³/mol. The molecular weight excluding hydrogens is 240 g/mol. The van der Waals surface area contributed by atoms with Crippen LogP contribution in [0, 0.1) is 6.92 Å². The van der Waals surface area contributed by atoms with Crippen LogP contribution >= 0.6 is 0 Å². The number of hydrogen-bond acceptors (Lipinski definition) is 1. The number of carbonyl (C=O) groups is 1. The van der Waals surface area contributed by atoms with Crippen LogP contribution in [0.15, 0.2) is 24.4 Å². The third-order valence-corrected chi connectivity index (χ3v) is 3.55. The number of aryl methyl sites for hydroxylation is 1. The Bertz CT molecular complexity index is 588. The number of fused-ring (bicyclic) bond motifs is 1. The molecule has 0 aliphatic rings. The van der Waals surface area contributed by atoms with Gasteiger partial charge in [-0.15, -0.1) is 0 Å². The fourth-order valence-electron chi connectivity index (χ4n) is 1.86. The molecule has 5 nitrogen and oxygen atoms in total. The molecule has 19 heavy (non-hydrogen) atoms. The molecule has 0 aliphatic heterocycles. The number of nitrogens with zero attached hydrogens (tertiary/aromatic N) is 1. The molecule has 2 heterocycles. The van der Waals surface area contributed by atoms with Crippen molar-refractivity contribution in [3.05, 3.63) is 35.8 Å². The van der Waals surface area contributed by atoms with E-state index in [1.165, 1.54) is 4.90 Å². The SMILES string of the molecule is Cc1cccc2[nH]c(C(=O)NCC(C)[NH+](C)C)c[n+]12. The van der Waals surface area contributed by atoms with Crippen molar-refractivity contribution in [3.8, 4) is 0 Å². The van der Waals surface area contributed by atoms with E-state index in [-0.39, 0.29) is 5.91 Å². The molecule has 0 saturated carbocycles. The summed E-state index contributed by atoms with van der Waals surface area (Å²) in [5.41, 5.74) is 2.62. The molecule has 0 bridgehead atoms. The standard InChI is InChI=1S/C14H20N4O/c1-10-6-5-7-13-16-12(9-18(10)13)14(19)15-8-11(2)17(3)4/h5-7,9,11H,8H2,1-4H3,(H,15,19)/p+2. The number of likely N-dealkylation sites (N-methyl/N-ethyl adjacent to an activating group) is 1. The van der Waals surface area contributed by atoms with Gasteiger partial charge in [-0.2, -0.15) is 4.40 Å². The van der Waals surface area contributed by atoms with Crippen molar-refractivity contribution in [1.29, 1.82) is 0 Å². The van der Waals surface area contributed by atoms with Crippen molar-refractivity contribution >= 4 is 11.6 Å². The summed E-state index contributed by atoms with van der Waals surface area (Å²) in [5.74, 6) is -0.0591. The van der Waals surface area contributed by atoms with Crippen LogP contribution in [-0.2, 0) is 0 Å². The first-order chi connectivity index (χ1) is 8.99. The van der Waals surface area contributed by atoms with Crippen molar-refractivity contribution in [1.82, 2.24) is 10.3 Å². The van der Waals surface area contributed by atoms with E-state index >= 15 is 0 Å². The van der Waals surface area contributed by atoms with Gasteiger partial charge in [0.1, 0.15) is 17.9 Å². The highest BCUT2D eigenvalue weighted by Crippen LogP contribution is 2.00. The first kappa shape index (κ1) is 13.5. The zero-order valence-electron chi connectivity index (χ0n) is 11.9. The molecule has 3 N–H and O–H groups in total. The smallest absolute Gasteiger partial charge is 0.295 e. The molecule has 0 fully saturated rings. The molecule has 5 heteroatoms. The molecule has 2 rings (SSSR count). The van der Waals surface area contributed by atoms with Gasteiger partial charge in [0.15, 0.2) is 0 Å². The number of quaternary nitrogens is 1. The lowest BCUT2D eigenvalue weighted by molar-refractivity contribution is -0.882. The molecule has 2 aromatic heterocycles. The number of aromatic nitrogens is 2. The van der Waals surface area contributed by atoms with Gasteiger partial charge in [-0.05, 0) is 19.9 Å². The maximum atomic E-state index is 12.1. The van der Waals surface area contributed by atoms with Gasteiger partial charge in [-0.3, -0.25) is 4.79 Å². The Labute approximate surface area is 113 Å². The first-order valence-corrected chi connectivity index (χ1v) is 6.57. The largest absolute Gasteiger partial charge is 0.343 e. The van der Waals surface area contributed by atoms with Crippen molar-refractivity contribution < 1.29 is 14.1 Å². The first-order valence-electron chi connectivity index (χ1n) is 6.57. The predicted octanol–water partition coefficient (Wildman–Crippen LogP) is -0.675. The van der Waals surface area contributed by atoms with Crippen LogP contribution in [0.5, 0.6) is 0 Å². The summed E-state index contributed by atoms with van der Waals surface area (Å²) in [5, 5.41) is 2.96. The average Bonchev–Trinajstić information content (AvgIpc) is 2.80.